The number of hydroxylamine groups is 1. The summed E-state index contributed by atoms with van der Waals surface area (Å²) in [5.74, 6) is 0. The molecule has 28 heavy (non-hydrogen) atoms. The van der Waals surface area contributed by atoms with Gasteiger partial charge in [0.25, 0.3) is 0 Å². The first-order chi connectivity index (χ1) is 13.5. The van der Waals surface area contributed by atoms with Gasteiger partial charge in [0.15, 0.2) is 9.84 Å². The molecule has 0 fully saturated rings. The number of hydrogen-bond donors (Lipinski definition) is 1. The first-order valence-corrected chi connectivity index (χ1v) is 11.2. The minimum absolute atomic E-state index is 0.293. The van der Waals surface area contributed by atoms with Crippen LogP contribution in [0, 0.1) is 0 Å². The maximum atomic E-state index is 13.4. The van der Waals surface area contributed by atoms with Crippen molar-refractivity contribution >= 4 is 32.2 Å². The molecular weight excluding hydrogens is 394 g/mol. The summed E-state index contributed by atoms with van der Waals surface area (Å²) in [6, 6.07) is 20.3. The standard InChI is InChI=1S/C22H24ClNO3S/c1-24-27-15-5-4-8-22(28(25,26)21-13-11-20(23)12-14-21)19-10-9-17-6-2-3-7-18(17)16-19/h2-3,6-7,9-14,16,22,24H,4-5,8,15H2,1H3. The van der Waals surface area contributed by atoms with Crippen LogP contribution in [-0.4, -0.2) is 22.1 Å². The molecule has 3 aromatic rings. The Morgan fingerprint density at radius 1 is 0.964 bits per heavy atom. The van der Waals surface area contributed by atoms with Crippen LogP contribution in [0.4, 0.5) is 0 Å². The summed E-state index contributed by atoms with van der Waals surface area (Å²) in [5.41, 5.74) is 3.45. The molecule has 0 aliphatic heterocycles. The van der Waals surface area contributed by atoms with Crippen molar-refractivity contribution in [3.05, 3.63) is 77.3 Å². The van der Waals surface area contributed by atoms with Gasteiger partial charge in [-0.1, -0.05) is 48.0 Å². The Morgan fingerprint density at radius 3 is 2.39 bits per heavy atom. The summed E-state index contributed by atoms with van der Waals surface area (Å²) in [7, 11) is -1.84. The van der Waals surface area contributed by atoms with Gasteiger partial charge in [-0.2, -0.15) is 0 Å². The lowest BCUT2D eigenvalue weighted by atomic mass is 10.0. The summed E-state index contributed by atoms with van der Waals surface area (Å²) in [6.45, 7) is 0.544. The van der Waals surface area contributed by atoms with Crippen LogP contribution in [0.5, 0.6) is 0 Å². The van der Waals surface area contributed by atoms with Crippen LogP contribution in [0.3, 0.4) is 0 Å². The topological polar surface area (TPSA) is 55.4 Å². The van der Waals surface area contributed by atoms with Gasteiger partial charge in [0.2, 0.25) is 0 Å². The maximum Gasteiger partial charge on any atom is 0.185 e. The molecule has 0 aromatic heterocycles. The molecule has 148 valence electrons. The molecule has 0 heterocycles. The summed E-state index contributed by atoms with van der Waals surface area (Å²) >= 11 is 5.94. The molecule has 0 saturated carbocycles. The van der Waals surface area contributed by atoms with Gasteiger partial charge in [0.05, 0.1) is 16.8 Å². The second-order valence-corrected chi connectivity index (χ2v) is 9.21. The molecule has 0 aliphatic carbocycles. The van der Waals surface area contributed by atoms with E-state index in [2.05, 4.69) is 5.48 Å². The molecule has 4 nitrogen and oxygen atoms in total. The van der Waals surface area contributed by atoms with Crippen molar-refractivity contribution in [2.24, 2.45) is 0 Å². The highest BCUT2D eigenvalue weighted by Gasteiger charge is 2.29. The Labute approximate surface area is 171 Å². The van der Waals surface area contributed by atoms with E-state index in [9.17, 15) is 8.42 Å². The van der Waals surface area contributed by atoms with Gasteiger partial charge in [0, 0.05) is 12.1 Å². The number of rotatable bonds is 9. The molecule has 0 amide bonds. The number of sulfone groups is 1. The third-order valence-electron chi connectivity index (χ3n) is 4.77. The van der Waals surface area contributed by atoms with Crippen LogP contribution < -0.4 is 5.48 Å². The molecule has 0 bridgehead atoms. The molecule has 1 unspecified atom stereocenters. The Morgan fingerprint density at radius 2 is 1.68 bits per heavy atom. The monoisotopic (exact) mass is 417 g/mol. The fraction of sp³-hybridized carbons (Fsp3) is 0.273. The third kappa shape index (κ3) is 4.92. The van der Waals surface area contributed by atoms with E-state index in [0.29, 0.717) is 22.9 Å². The van der Waals surface area contributed by atoms with E-state index in [0.717, 1.165) is 29.2 Å². The van der Waals surface area contributed by atoms with Crippen molar-refractivity contribution in [3.8, 4) is 0 Å². The molecular formula is C22H24ClNO3S. The van der Waals surface area contributed by atoms with E-state index in [-0.39, 0.29) is 0 Å². The van der Waals surface area contributed by atoms with Crippen molar-refractivity contribution in [1.82, 2.24) is 5.48 Å². The lowest BCUT2D eigenvalue weighted by molar-refractivity contribution is 0.0551. The van der Waals surface area contributed by atoms with E-state index in [1.807, 2.05) is 42.5 Å². The van der Waals surface area contributed by atoms with Crippen LogP contribution in [0.2, 0.25) is 5.02 Å². The lowest BCUT2D eigenvalue weighted by Crippen LogP contribution is -2.15. The van der Waals surface area contributed by atoms with Crippen molar-refractivity contribution in [3.63, 3.8) is 0 Å². The molecule has 0 spiro atoms. The van der Waals surface area contributed by atoms with Gasteiger partial charge < -0.3 is 4.84 Å². The molecule has 0 saturated heterocycles. The van der Waals surface area contributed by atoms with Crippen LogP contribution in [0.15, 0.2) is 71.6 Å². The van der Waals surface area contributed by atoms with Gasteiger partial charge in [-0.15, -0.1) is 0 Å². The van der Waals surface area contributed by atoms with E-state index in [4.69, 9.17) is 16.4 Å². The number of unbranched alkanes of at least 4 members (excludes halogenated alkanes) is 1. The molecule has 3 rings (SSSR count). The zero-order valence-electron chi connectivity index (χ0n) is 15.8. The van der Waals surface area contributed by atoms with Crippen LogP contribution in [0.1, 0.15) is 30.1 Å². The number of benzene rings is 3. The van der Waals surface area contributed by atoms with Gasteiger partial charge in [0.1, 0.15) is 0 Å². The molecule has 1 N–H and O–H groups in total. The second-order valence-electron chi connectivity index (χ2n) is 6.64. The Balaban J connectivity index is 1.94. The normalized spacial score (nSPS) is 12.9. The molecule has 0 aliphatic rings. The van der Waals surface area contributed by atoms with E-state index in [1.165, 1.54) is 0 Å². The smallest absolute Gasteiger partial charge is 0.185 e. The van der Waals surface area contributed by atoms with Crippen molar-refractivity contribution < 1.29 is 13.3 Å². The molecule has 6 heteroatoms. The Hall–Kier alpha value is -1.92. The van der Waals surface area contributed by atoms with Crippen LogP contribution in [0.25, 0.3) is 10.8 Å². The fourth-order valence-electron chi connectivity index (χ4n) is 3.30. The minimum Gasteiger partial charge on any atom is -0.302 e. The van der Waals surface area contributed by atoms with Crippen molar-refractivity contribution in [2.45, 2.75) is 29.4 Å². The first kappa shape index (κ1) is 20.8. The number of fused-ring (bicyclic) bond motifs is 1. The van der Waals surface area contributed by atoms with Gasteiger partial charge in [-0.3, -0.25) is 0 Å². The highest BCUT2D eigenvalue weighted by atomic mass is 35.5. The highest BCUT2D eigenvalue weighted by molar-refractivity contribution is 7.91. The van der Waals surface area contributed by atoms with Crippen LogP contribution in [-0.2, 0) is 14.7 Å². The minimum atomic E-state index is -3.55. The fourth-order valence-corrected chi connectivity index (χ4v) is 5.26. The second kappa shape index (κ2) is 9.52. The van der Waals surface area contributed by atoms with E-state index < -0.39 is 15.1 Å². The average Bonchev–Trinajstić information content (AvgIpc) is 2.70. The zero-order valence-corrected chi connectivity index (χ0v) is 17.3. The SMILES string of the molecule is CNOCCCCC(c1ccc2ccccc2c1)S(=O)(=O)c1ccc(Cl)cc1. The summed E-state index contributed by atoms with van der Waals surface area (Å²) in [5, 5.41) is 2.03. The predicted molar refractivity (Wildman–Crippen MR) is 114 cm³/mol. The van der Waals surface area contributed by atoms with Gasteiger partial charge in [-0.25, -0.2) is 13.9 Å². The molecule has 0 radical (unpaired) electrons. The number of nitrogens with one attached hydrogen (secondary N) is 1. The Kier molecular flexibility index (Phi) is 7.08. The maximum absolute atomic E-state index is 13.4. The summed E-state index contributed by atoms with van der Waals surface area (Å²) < 4.78 is 26.8. The number of hydrogen-bond acceptors (Lipinski definition) is 4. The molecule has 3 aromatic carbocycles. The van der Waals surface area contributed by atoms with Gasteiger partial charge >= 0.3 is 0 Å². The van der Waals surface area contributed by atoms with E-state index in [1.54, 1.807) is 31.3 Å². The zero-order chi connectivity index (χ0) is 20.0. The lowest BCUT2D eigenvalue weighted by Gasteiger charge is -2.19. The first-order valence-electron chi connectivity index (χ1n) is 9.29. The highest BCUT2D eigenvalue weighted by Crippen LogP contribution is 2.35. The summed E-state index contributed by atoms with van der Waals surface area (Å²) in [6.07, 6.45) is 2.05. The largest absolute Gasteiger partial charge is 0.302 e. The third-order valence-corrected chi connectivity index (χ3v) is 7.21. The van der Waals surface area contributed by atoms with Gasteiger partial charge in [-0.05, 0) is 65.9 Å². The molecule has 1 atom stereocenters. The Bertz CT molecular complexity index is 1020. The van der Waals surface area contributed by atoms with E-state index >= 15 is 0 Å². The average molecular weight is 418 g/mol. The number of halogens is 1. The predicted octanol–water partition coefficient (Wildman–Crippen LogP) is 5.33. The van der Waals surface area contributed by atoms with Crippen LogP contribution >= 0.6 is 11.6 Å². The summed E-state index contributed by atoms with van der Waals surface area (Å²) in [4.78, 5) is 5.44. The van der Waals surface area contributed by atoms with Crippen molar-refractivity contribution in [1.29, 1.82) is 0 Å². The quantitative estimate of drug-likeness (QED) is 0.377. The van der Waals surface area contributed by atoms with Crippen molar-refractivity contribution in [2.75, 3.05) is 13.7 Å².